The largest absolute Gasteiger partial charge is 0.371 e. The molecule has 0 radical (unpaired) electrons. The zero-order valence-corrected chi connectivity index (χ0v) is 8.26. The highest BCUT2D eigenvalue weighted by Gasteiger charge is 2.14. The number of thiol groups is 1. The standard InChI is InChI=1S/C10H13NOS.CH4/c13-9-3-1-8(2-4-9)10-7-11-5-6-12-10;/h1-4,10-11,13H,5-7H2;1H4. The first kappa shape index (κ1) is 11.6. The van der Waals surface area contributed by atoms with Crippen LogP contribution in [0.2, 0.25) is 0 Å². The summed E-state index contributed by atoms with van der Waals surface area (Å²) in [5.41, 5.74) is 1.23. The van der Waals surface area contributed by atoms with Crippen molar-refractivity contribution in [1.82, 2.24) is 5.32 Å². The summed E-state index contributed by atoms with van der Waals surface area (Å²) in [4.78, 5) is 0.993. The summed E-state index contributed by atoms with van der Waals surface area (Å²) in [5.74, 6) is 0. The van der Waals surface area contributed by atoms with E-state index in [1.54, 1.807) is 0 Å². The van der Waals surface area contributed by atoms with Crippen molar-refractivity contribution in [2.24, 2.45) is 0 Å². The fourth-order valence-corrected chi connectivity index (χ4v) is 1.62. The van der Waals surface area contributed by atoms with Gasteiger partial charge in [0.25, 0.3) is 0 Å². The third-order valence-electron chi connectivity index (χ3n) is 2.19. The van der Waals surface area contributed by atoms with Crippen LogP contribution in [0.4, 0.5) is 0 Å². The van der Waals surface area contributed by atoms with Gasteiger partial charge >= 0.3 is 0 Å². The Morgan fingerprint density at radius 1 is 1.29 bits per heavy atom. The SMILES string of the molecule is C.Sc1ccc(C2CNCCO2)cc1. The molecule has 1 saturated heterocycles. The van der Waals surface area contributed by atoms with E-state index >= 15 is 0 Å². The summed E-state index contributed by atoms with van der Waals surface area (Å²) < 4.78 is 5.62. The molecule has 1 unspecified atom stereocenters. The molecule has 1 aromatic rings. The number of nitrogens with one attached hydrogen (secondary N) is 1. The van der Waals surface area contributed by atoms with Crippen molar-refractivity contribution in [2.45, 2.75) is 18.4 Å². The van der Waals surface area contributed by atoms with E-state index in [-0.39, 0.29) is 13.5 Å². The zero-order chi connectivity index (χ0) is 9.10. The average Bonchev–Trinajstić information content (AvgIpc) is 2.20. The third-order valence-corrected chi connectivity index (χ3v) is 2.49. The second-order valence-corrected chi connectivity index (χ2v) is 3.67. The smallest absolute Gasteiger partial charge is 0.0949 e. The van der Waals surface area contributed by atoms with Gasteiger partial charge in [0.05, 0.1) is 12.7 Å². The van der Waals surface area contributed by atoms with Gasteiger partial charge in [-0.05, 0) is 17.7 Å². The fourth-order valence-electron chi connectivity index (χ4n) is 1.47. The minimum atomic E-state index is 0. The Balaban J connectivity index is 0.000000980. The van der Waals surface area contributed by atoms with Crippen molar-refractivity contribution in [2.75, 3.05) is 19.7 Å². The molecule has 0 aliphatic carbocycles. The van der Waals surface area contributed by atoms with Crippen molar-refractivity contribution in [1.29, 1.82) is 0 Å². The van der Waals surface area contributed by atoms with Crippen LogP contribution in [0.15, 0.2) is 29.2 Å². The number of rotatable bonds is 1. The van der Waals surface area contributed by atoms with E-state index < -0.39 is 0 Å². The molecule has 3 heteroatoms. The van der Waals surface area contributed by atoms with E-state index in [0.717, 1.165) is 24.6 Å². The molecule has 0 saturated carbocycles. The summed E-state index contributed by atoms with van der Waals surface area (Å²) in [7, 11) is 0. The normalized spacial score (nSPS) is 21.4. The van der Waals surface area contributed by atoms with Gasteiger partial charge in [-0.25, -0.2) is 0 Å². The van der Waals surface area contributed by atoms with Gasteiger partial charge in [-0.2, -0.15) is 0 Å². The van der Waals surface area contributed by atoms with E-state index in [4.69, 9.17) is 4.74 Å². The number of morpholine rings is 1. The monoisotopic (exact) mass is 211 g/mol. The first-order valence-electron chi connectivity index (χ1n) is 4.47. The topological polar surface area (TPSA) is 21.3 Å². The highest BCUT2D eigenvalue weighted by Crippen LogP contribution is 2.19. The van der Waals surface area contributed by atoms with Gasteiger partial charge < -0.3 is 10.1 Å². The van der Waals surface area contributed by atoms with Crippen LogP contribution in [0, 0.1) is 0 Å². The molecule has 1 N–H and O–H groups in total. The number of hydrogen-bond acceptors (Lipinski definition) is 3. The van der Waals surface area contributed by atoms with Crippen LogP contribution in [0.25, 0.3) is 0 Å². The van der Waals surface area contributed by atoms with Crippen LogP contribution in [-0.2, 0) is 4.74 Å². The molecule has 0 aromatic heterocycles. The zero-order valence-electron chi connectivity index (χ0n) is 7.36. The second kappa shape index (κ2) is 5.39. The second-order valence-electron chi connectivity index (χ2n) is 3.16. The van der Waals surface area contributed by atoms with Crippen molar-refractivity contribution in [3.05, 3.63) is 29.8 Å². The van der Waals surface area contributed by atoms with Crippen molar-refractivity contribution in [3.63, 3.8) is 0 Å². The van der Waals surface area contributed by atoms with Crippen LogP contribution in [0.3, 0.4) is 0 Å². The van der Waals surface area contributed by atoms with Crippen molar-refractivity contribution >= 4 is 12.6 Å². The summed E-state index contributed by atoms with van der Waals surface area (Å²) in [6.07, 6.45) is 0.211. The number of hydrogen-bond donors (Lipinski definition) is 2. The third kappa shape index (κ3) is 2.74. The van der Waals surface area contributed by atoms with Gasteiger partial charge in [-0.15, -0.1) is 12.6 Å². The van der Waals surface area contributed by atoms with Gasteiger partial charge in [-0.3, -0.25) is 0 Å². The van der Waals surface area contributed by atoms with Gasteiger partial charge in [0.2, 0.25) is 0 Å². The van der Waals surface area contributed by atoms with Crippen molar-refractivity contribution in [3.8, 4) is 0 Å². The lowest BCUT2D eigenvalue weighted by molar-refractivity contribution is 0.0277. The Hall–Kier alpha value is -0.510. The van der Waals surface area contributed by atoms with E-state index in [9.17, 15) is 0 Å². The van der Waals surface area contributed by atoms with Crippen LogP contribution in [0.1, 0.15) is 19.1 Å². The highest BCUT2D eigenvalue weighted by atomic mass is 32.1. The predicted octanol–water partition coefficient (Wildman–Crippen LogP) is 2.27. The average molecular weight is 211 g/mol. The quantitative estimate of drug-likeness (QED) is 0.695. The molecule has 0 amide bonds. The Labute approximate surface area is 91.1 Å². The summed E-state index contributed by atoms with van der Waals surface area (Å²) in [6.45, 7) is 2.67. The summed E-state index contributed by atoms with van der Waals surface area (Å²) in [6, 6.07) is 8.13. The molecule has 14 heavy (non-hydrogen) atoms. The maximum atomic E-state index is 5.62. The molecule has 1 heterocycles. The van der Waals surface area contributed by atoms with Crippen LogP contribution in [-0.4, -0.2) is 19.7 Å². The molecular formula is C11H17NOS. The fraction of sp³-hybridized carbons (Fsp3) is 0.455. The first-order valence-corrected chi connectivity index (χ1v) is 4.92. The Kier molecular flexibility index (Phi) is 4.45. The van der Waals surface area contributed by atoms with Crippen molar-refractivity contribution < 1.29 is 4.74 Å². The molecule has 1 aromatic carbocycles. The maximum Gasteiger partial charge on any atom is 0.0949 e. The summed E-state index contributed by atoms with van der Waals surface area (Å²) in [5, 5.41) is 3.30. The lowest BCUT2D eigenvalue weighted by atomic mass is 10.1. The lowest BCUT2D eigenvalue weighted by Crippen LogP contribution is -2.33. The molecule has 78 valence electrons. The first-order chi connectivity index (χ1) is 6.36. The van der Waals surface area contributed by atoms with Crippen LogP contribution < -0.4 is 5.32 Å². The van der Waals surface area contributed by atoms with Crippen LogP contribution in [0.5, 0.6) is 0 Å². The maximum absolute atomic E-state index is 5.62. The molecule has 1 aliphatic heterocycles. The van der Waals surface area contributed by atoms with Gasteiger partial charge in [0.1, 0.15) is 0 Å². The summed E-state index contributed by atoms with van der Waals surface area (Å²) >= 11 is 4.24. The van der Waals surface area contributed by atoms with E-state index in [2.05, 4.69) is 30.1 Å². The number of benzene rings is 1. The molecule has 1 atom stereocenters. The van der Waals surface area contributed by atoms with Gasteiger partial charge in [0.15, 0.2) is 0 Å². The van der Waals surface area contributed by atoms with Gasteiger partial charge in [0, 0.05) is 18.0 Å². The lowest BCUT2D eigenvalue weighted by Gasteiger charge is -2.23. The minimum Gasteiger partial charge on any atom is -0.371 e. The molecule has 2 nitrogen and oxygen atoms in total. The molecule has 1 aliphatic rings. The number of ether oxygens (including phenoxy) is 1. The van der Waals surface area contributed by atoms with E-state index in [0.29, 0.717) is 0 Å². The Morgan fingerprint density at radius 2 is 2.00 bits per heavy atom. The minimum absolute atomic E-state index is 0. The van der Waals surface area contributed by atoms with Crippen LogP contribution >= 0.6 is 12.6 Å². The predicted molar refractivity (Wildman–Crippen MR) is 62.0 cm³/mol. The molecule has 1 fully saturated rings. The Morgan fingerprint density at radius 3 is 2.57 bits per heavy atom. The molecule has 0 bridgehead atoms. The highest BCUT2D eigenvalue weighted by molar-refractivity contribution is 7.80. The molecule has 0 spiro atoms. The Bertz CT molecular complexity index is 267. The van der Waals surface area contributed by atoms with Gasteiger partial charge in [-0.1, -0.05) is 19.6 Å². The molecule has 2 rings (SSSR count). The molecular weight excluding hydrogens is 194 g/mol. The van der Waals surface area contributed by atoms with E-state index in [1.165, 1.54) is 5.56 Å². The van der Waals surface area contributed by atoms with E-state index in [1.807, 2.05) is 12.1 Å².